The van der Waals surface area contributed by atoms with E-state index in [0.29, 0.717) is 13.0 Å². The molecule has 1 unspecified atom stereocenters. The zero-order valence-electron chi connectivity index (χ0n) is 13.6. The van der Waals surface area contributed by atoms with Crippen LogP contribution >= 0.6 is 0 Å². The molecule has 2 amide bonds. The van der Waals surface area contributed by atoms with E-state index in [2.05, 4.69) is 16.0 Å². The average Bonchev–Trinajstić information content (AvgIpc) is 3.08. The molecule has 1 saturated heterocycles. The first-order chi connectivity index (χ1) is 10.3. The number of rotatable bonds is 4. The fourth-order valence-corrected chi connectivity index (χ4v) is 2.87. The number of nitrogens with one attached hydrogen (secondary N) is 3. The number of hydrogen-bond acceptors (Lipinski definition) is 5. The van der Waals surface area contributed by atoms with E-state index in [4.69, 9.17) is 0 Å². The quantitative estimate of drug-likeness (QED) is 0.470. The van der Waals surface area contributed by atoms with Gasteiger partial charge in [0.2, 0.25) is 11.8 Å². The van der Waals surface area contributed by atoms with Gasteiger partial charge in [-0.3, -0.25) is 9.59 Å². The van der Waals surface area contributed by atoms with Gasteiger partial charge in [0.25, 0.3) is 0 Å². The van der Waals surface area contributed by atoms with Gasteiger partial charge in [-0.15, -0.1) is 0 Å². The summed E-state index contributed by atoms with van der Waals surface area (Å²) in [5.41, 5.74) is -1.50. The van der Waals surface area contributed by atoms with E-state index in [1.165, 1.54) is 0 Å². The largest absolute Gasteiger partial charge is 0.389 e. The van der Waals surface area contributed by atoms with Crippen molar-refractivity contribution < 1.29 is 19.8 Å². The average molecular weight is 315 g/mol. The van der Waals surface area contributed by atoms with E-state index in [0.717, 1.165) is 32.2 Å². The lowest BCUT2D eigenvalue weighted by Gasteiger charge is -2.20. The van der Waals surface area contributed by atoms with Crippen molar-refractivity contribution in [2.24, 2.45) is 0 Å². The Bertz CT molecular complexity index is 339. The van der Waals surface area contributed by atoms with Gasteiger partial charge in [0.05, 0.1) is 24.0 Å². The molecule has 1 heterocycles. The maximum absolute atomic E-state index is 10.9. The molecule has 1 atom stereocenters. The normalized spacial score (nSPS) is 26.0. The van der Waals surface area contributed by atoms with Crippen LogP contribution in [0.25, 0.3) is 0 Å². The zero-order valence-corrected chi connectivity index (χ0v) is 13.6. The molecule has 0 aromatic rings. The monoisotopic (exact) mass is 315 g/mol. The molecule has 2 aliphatic rings. The van der Waals surface area contributed by atoms with Gasteiger partial charge in [0.1, 0.15) is 0 Å². The van der Waals surface area contributed by atoms with E-state index in [1.807, 2.05) is 0 Å². The van der Waals surface area contributed by atoms with Crippen molar-refractivity contribution in [1.29, 1.82) is 0 Å². The molecule has 2 rings (SSSR count). The van der Waals surface area contributed by atoms with Gasteiger partial charge in [-0.1, -0.05) is 12.8 Å². The molecule has 5 N–H and O–H groups in total. The van der Waals surface area contributed by atoms with E-state index >= 15 is 0 Å². The van der Waals surface area contributed by atoms with Crippen molar-refractivity contribution >= 4 is 11.8 Å². The molecule has 0 bridgehead atoms. The Balaban J connectivity index is 0.000000220. The Morgan fingerprint density at radius 3 is 1.86 bits per heavy atom. The van der Waals surface area contributed by atoms with Gasteiger partial charge in [-0.2, -0.15) is 0 Å². The van der Waals surface area contributed by atoms with Gasteiger partial charge < -0.3 is 26.2 Å². The molecule has 0 aromatic heterocycles. The maximum atomic E-state index is 10.9. The molecule has 0 spiro atoms. The third-order valence-electron chi connectivity index (χ3n) is 4.29. The molecule has 2 fully saturated rings. The van der Waals surface area contributed by atoms with Gasteiger partial charge in [0, 0.05) is 20.6 Å². The van der Waals surface area contributed by atoms with Crippen LogP contribution in [-0.4, -0.2) is 60.4 Å². The van der Waals surface area contributed by atoms with Crippen LogP contribution in [0.15, 0.2) is 0 Å². The number of hydrogen-bond donors (Lipinski definition) is 5. The summed E-state index contributed by atoms with van der Waals surface area (Å²) in [7, 11) is 3.18. The van der Waals surface area contributed by atoms with Gasteiger partial charge in [-0.25, -0.2) is 0 Å². The van der Waals surface area contributed by atoms with E-state index in [9.17, 15) is 19.8 Å². The van der Waals surface area contributed by atoms with Gasteiger partial charge in [-0.05, 0) is 25.8 Å². The Morgan fingerprint density at radius 2 is 1.45 bits per heavy atom. The van der Waals surface area contributed by atoms with Crippen LogP contribution in [0.5, 0.6) is 0 Å². The number of amides is 2. The number of aliphatic hydroxyl groups is 2. The molecule has 1 aliphatic carbocycles. The molecule has 1 aliphatic heterocycles. The van der Waals surface area contributed by atoms with Crippen molar-refractivity contribution in [3.05, 3.63) is 0 Å². The fraction of sp³-hybridized carbons (Fsp3) is 0.867. The minimum Gasteiger partial charge on any atom is -0.389 e. The van der Waals surface area contributed by atoms with Crippen LogP contribution in [0.4, 0.5) is 0 Å². The lowest BCUT2D eigenvalue weighted by Crippen LogP contribution is -2.37. The second kappa shape index (κ2) is 8.45. The summed E-state index contributed by atoms with van der Waals surface area (Å²) < 4.78 is 0. The first kappa shape index (κ1) is 18.9. The molecule has 0 radical (unpaired) electrons. The van der Waals surface area contributed by atoms with Crippen molar-refractivity contribution in [3.8, 4) is 0 Å². The molecule has 0 aromatic carbocycles. The lowest BCUT2D eigenvalue weighted by atomic mass is 9.98. The van der Waals surface area contributed by atoms with E-state index < -0.39 is 11.2 Å². The zero-order chi connectivity index (χ0) is 16.6. The summed E-state index contributed by atoms with van der Waals surface area (Å²) in [6.07, 6.45) is 4.79. The maximum Gasteiger partial charge on any atom is 0.222 e. The van der Waals surface area contributed by atoms with Crippen LogP contribution in [0.3, 0.4) is 0 Å². The number of carbonyl (C=O) groups is 2. The number of carbonyl (C=O) groups excluding carboxylic acids is 2. The minimum atomic E-state index is -0.805. The van der Waals surface area contributed by atoms with Crippen molar-refractivity contribution in [2.45, 2.75) is 56.1 Å². The predicted molar refractivity (Wildman–Crippen MR) is 83.2 cm³/mol. The Morgan fingerprint density at radius 1 is 0.955 bits per heavy atom. The molecular formula is C15H29N3O4. The van der Waals surface area contributed by atoms with Crippen LogP contribution in [0.1, 0.15) is 44.9 Å². The first-order valence-corrected chi connectivity index (χ1v) is 7.89. The highest BCUT2D eigenvalue weighted by Crippen LogP contribution is 2.31. The van der Waals surface area contributed by atoms with E-state index in [1.54, 1.807) is 14.1 Å². The van der Waals surface area contributed by atoms with Gasteiger partial charge >= 0.3 is 0 Å². The molecule has 7 heteroatoms. The Labute approximate surface area is 131 Å². The van der Waals surface area contributed by atoms with Crippen LogP contribution < -0.4 is 16.0 Å². The van der Waals surface area contributed by atoms with Crippen LogP contribution in [-0.2, 0) is 9.59 Å². The highest BCUT2D eigenvalue weighted by atomic mass is 16.3. The standard InChI is InChI=1S/C8H15NO2.C7H14N2O2/c1-9-7(10)6-8(11)4-2-3-5-8;1-8-6(10)4-7(11)2-3-9-5-7/h11H,2-6H2,1H3,(H,9,10);9,11H,2-5H2,1H3,(H,8,10). The Kier molecular flexibility index (Phi) is 7.25. The third kappa shape index (κ3) is 6.29. The highest BCUT2D eigenvalue weighted by molar-refractivity contribution is 5.77. The Hall–Kier alpha value is -1.18. The SMILES string of the molecule is CNC(=O)CC1(O)CCCC1.CNC(=O)CC1(O)CCNC1. The topological polar surface area (TPSA) is 111 Å². The minimum absolute atomic E-state index is 0.0607. The fourth-order valence-electron chi connectivity index (χ4n) is 2.87. The van der Waals surface area contributed by atoms with Crippen molar-refractivity contribution in [3.63, 3.8) is 0 Å². The van der Waals surface area contributed by atoms with Crippen LogP contribution in [0.2, 0.25) is 0 Å². The highest BCUT2D eigenvalue weighted by Gasteiger charge is 2.33. The second-order valence-corrected chi connectivity index (χ2v) is 6.28. The van der Waals surface area contributed by atoms with Gasteiger partial charge in [0.15, 0.2) is 0 Å². The van der Waals surface area contributed by atoms with E-state index in [-0.39, 0.29) is 24.7 Å². The second-order valence-electron chi connectivity index (χ2n) is 6.28. The smallest absolute Gasteiger partial charge is 0.222 e. The molecule has 1 saturated carbocycles. The summed E-state index contributed by atoms with van der Waals surface area (Å²) >= 11 is 0. The van der Waals surface area contributed by atoms with Crippen molar-refractivity contribution in [1.82, 2.24) is 16.0 Å². The molecule has 22 heavy (non-hydrogen) atoms. The molecular weight excluding hydrogens is 286 g/mol. The summed E-state index contributed by atoms with van der Waals surface area (Å²) in [5.74, 6) is -0.161. The number of β-amino-alcohol motifs (C(OH)–C–C–N with tert-alkyl or cyclic N) is 1. The lowest BCUT2D eigenvalue weighted by molar-refractivity contribution is -0.126. The summed E-state index contributed by atoms with van der Waals surface area (Å²) in [6, 6.07) is 0. The van der Waals surface area contributed by atoms with Crippen LogP contribution in [0, 0.1) is 0 Å². The predicted octanol–water partition coefficient (Wildman–Crippen LogP) is -0.725. The third-order valence-corrected chi connectivity index (χ3v) is 4.29. The summed E-state index contributed by atoms with van der Waals surface area (Å²) in [5, 5.41) is 27.4. The first-order valence-electron chi connectivity index (χ1n) is 7.89. The summed E-state index contributed by atoms with van der Waals surface area (Å²) in [6.45, 7) is 1.33. The summed E-state index contributed by atoms with van der Waals surface area (Å²) in [4.78, 5) is 21.8. The van der Waals surface area contributed by atoms with Crippen molar-refractivity contribution in [2.75, 3.05) is 27.2 Å². The molecule has 7 nitrogen and oxygen atoms in total. The molecule has 128 valence electrons.